The molecular formula is C15H28N2O2. The summed E-state index contributed by atoms with van der Waals surface area (Å²) in [6.07, 6.45) is 4.36. The molecule has 1 saturated heterocycles. The molecular weight excluding hydrogens is 240 g/mol. The van der Waals surface area contributed by atoms with E-state index in [9.17, 15) is 4.79 Å². The van der Waals surface area contributed by atoms with Crippen LogP contribution in [0.25, 0.3) is 0 Å². The summed E-state index contributed by atoms with van der Waals surface area (Å²) in [6.45, 7) is 9.06. The van der Waals surface area contributed by atoms with Gasteiger partial charge in [-0.1, -0.05) is 33.6 Å². The van der Waals surface area contributed by atoms with E-state index < -0.39 is 5.54 Å². The minimum atomic E-state index is -0.769. The van der Waals surface area contributed by atoms with Crippen molar-refractivity contribution < 1.29 is 9.53 Å². The first kappa shape index (κ1) is 14.8. The summed E-state index contributed by atoms with van der Waals surface area (Å²) in [5, 5.41) is 3.11. The molecule has 19 heavy (non-hydrogen) atoms. The Morgan fingerprint density at radius 2 is 2.21 bits per heavy atom. The maximum atomic E-state index is 12.6. The highest BCUT2D eigenvalue weighted by atomic mass is 16.5. The molecule has 0 aromatic carbocycles. The maximum absolute atomic E-state index is 12.6. The SMILES string of the molecule is CCCCC(C)NC(=O)C1(N)C2CCOC2C1(C)C. The first-order chi connectivity index (χ1) is 8.85. The van der Waals surface area contributed by atoms with Gasteiger partial charge in [0.15, 0.2) is 0 Å². The molecule has 0 bridgehead atoms. The van der Waals surface area contributed by atoms with Crippen molar-refractivity contribution in [3.63, 3.8) is 0 Å². The van der Waals surface area contributed by atoms with E-state index in [4.69, 9.17) is 10.5 Å². The molecule has 1 heterocycles. The molecule has 3 N–H and O–H groups in total. The molecule has 110 valence electrons. The van der Waals surface area contributed by atoms with Crippen LogP contribution in [0.15, 0.2) is 0 Å². The molecule has 4 nitrogen and oxygen atoms in total. The van der Waals surface area contributed by atoms with Crippen LogP contribution in [0.4, 0.5) is 0 Å². The Balaban J connectivity index is 2.01. The summed E-state index contributed by atoms with van der Waals surface area (Å²) in [7, 11) is 0. The number of rotatable bonds is 5. The van der Waals surface area contributed by atoms with Gasteiger partial charge in [-0.2, -0.15) is 0 Å². The smallest absolute Gasteiger partial charge is 0.241 e. The molecule has 1 amide bonds. The van der Waals surface area contributed by atoms with Crippen molar-refractivity contribution in [2.45, 2.75) is 71.1 Å². The predicted octanol–water partition coefficient (Wildman–Crippen LogP) is 1.82. The van der Waals surface area contributed by atoms with Gasteiger partial charge >= 0.3 is 0 Å². The number of hydrogen-bond donors (Lipinski definition) is 2. The number of carbonyl (C=O) groups is 1. The van der Waals surface area contributed by atoms with E-state index in [2.05, 4.69) is 33.0 Å². The average Bonchev–Trinajstić information content (AvgIpc) is 2.83. The van der Waals surface area contributed by atoms with Crippen molar-refractivity contribution in [2.24, 2.45) is 17.1 Å². The molecule has 1 aliphatic carbocycles. The Kier molecular flexibility index (Phi) is 3.94. The second-order valence-corrected chi connectivity index (χ2v) is 6.79. The zero-order valence-electron chi connectivity index (χ0n) is 12.7. The fraction of sp³-hybridized carbons (Fsp3) is 0.933. The van der Waals surface area contributed by atoms with E-state index in [1.54, 1.807) is 0 Å². The number of amides is 1. The van der Waals surface area contributed by atoms with Crippen molar-refractivity contribution in [3.8, 4) is 0 Å². The van der Waals surface area contributed by atoms with E-state index >= 15 is 0 Å². The largest absolute Gasteiger partial charge is 0.377 e. The van der Waals surface area contributed by atoms with E-state index in [0.29, 0.717) is 0 Å². The molecule has 2 aliphatic rings. The number of nitrogens with one attached hydrogen (secondary N) is 1. The lowest BCUT2D eigenvalue weighted by Crippen LogP contribution is -2.80. The molecule has 4 unspecified atom stereocenters. The first-order valence-electron chi connectivity index (χ1n) is 7.57. The number of nitrogens with two attached hydrogens (primary N) is 1. The fourth-order valence-corrected chi connectivity index (χ4v) is 3.77. The van der Waals surface area contributed by atoms with Crippen LogP contribution in [0, 0.1) is 11.3 Å². The molecule has 0 spiro atoms. The summed E-state index contributed by atoms with van der Waals surface area (Å²) >= 11 is 0. The van der Waals surface area contributed by atoms with E-state index in [0.717, 1.165) is 32.3 Å². The summed E-state index contributed by atoms with van der Waals surface area (Å²) < 4.78 is 5.72. The van der Waals surface area contributed by atoms with Crippen molar-refractivity contribution in [1.82, 2.24) is 5.32 Å². The van der Waals surface area contributed by atoms with Crippen LogP contribution in [0.3, 0.4) is 0 Å². The van der Waals surface area contributed by atoms with Crippen LogP contribution in [0.5, 0.6) is 0 Å². The van der Waals surface area contributed by atoms with E-state index in [1.165, 1.54) is 0 Å². The van der Waals surface area contributed by atoms with Gasteiger partial charge in [-0.3, -0.25) is 4.79 Å². The van der Waals surface area contributed by atoms with Crippen LogP contribution in [-0.2, 0) is 9.53 Å². The number of fused-ring (bicyclic) bond motifs is 1. The van der Waals surface area contributed by atoms with Crippen LogP contribution in [0.2, 0.25) is 0 Å². The van der Waals surface area contributed by atoms with Gasteiger partial charge < -0.3 is 15.8 Å². The molecule has 1 saturated carbocycles. The van der Waals surface area contributed by atoms with Crippen molar-refractivity contribution >= 4 is 5.91 Å². The third-order valence-corrected chi connectivity index (χ3v) is 5.20. The summed E-state index contributed by atoms with van der Waals surface area (Å²) in [5.74, 6) is 0.189. The second kappa shape index (κ2) is 5.06. The molecule has 0 radical (unpaired) electrons. The van der Waals surface area contributed by atoms with Gasteiger partial charge in [0.25, 0.3) is 0 Å². The molecule has 0 aromatic heterocycles. The highest BCUT2D eigenvalue weighted by Crippen LogP contribution is 2.58. The minimum absolute atomic E-state index is 0.00727. The summed E-state index contributed by atoms with van der Waals surface area (Å²) in [4.78, 5) is 12.6. The first-order valence-corrected chi connectivity index (χ1v) is 7.57. The number of hydrogen-bond acceptors (Lipinski definition) is 3. The van der Waals surface area contributed by atoms with Crippen LogP contribution in [-0.4, -0.2) is 30.2 Å². The quantitative estimate of drug-likeness (QED) is 0.799. The van der Waals surface area contributed by atoms with Crippen LogP contribution in [0.1, 0.15) is 53.4 Å². The zero-order valence-corrected chi connectivity index (χ0v) is 12.7. The number of ether oxygens (including phenoxy) is 1. The Morgan fingerprint density at radius 1 is 1.53 bits per heavy atom. The number of unbranched alkanes of at least 4 members (excludes halogenated alkanes) is 1. The van der Waals surface area contributed by atoms with Crippen molar-refractivity contribution in [1.29, 1.82) is 0 Å². The molecule has 0 aromatic rings. The highest BCUT2D eigenvalue weighted by molar-refractivity contribution is 5.89. The number of carbonyl (C=O) groups excluding carboxylic acids is 1. The predicted molar refractivity (Wildman–Crippen MR) is 75.7 cm³/mol. The molecule has 1 aliphatic heterocycles. The third kappa shape index (κ3) is 2.09. The van der Waals surface area contributed by atoms with Crippen molar-refractivity contribution in [2.75, 3.05) is 6.61 Å². The summed E-state index contributed by atoms with van der Waals surface area (Å²) in [5.41, 5.74) is 5.45. The van der Waals surface area contributed by atoms with Gasteiger partial charge in [0, 0.05) is 24.0 Å². The monoisotopic (exact) mass is 268 g/mol. The highest BCUT2D eigenvalue weighted by Gasteiger charge is 2.71. The molecule has 4 heteroatoms. The maximum Gasteiger partial charge on any atom is 0.241 e. The van der Waals surface area contributed by atoms with Gasteiger partial charge in [-0.05, 0) is 19.8 Å². The Bertz CT molecular complexity index is 356. The lowest BCUT2D eigenvalue weighted by molar-refractivity contribution is -0.175. The van der Waals surface area contributed by atoms with Gasteiger partial charge in [-0.25, -0.2) is 0 Å². The van der Waals surface area contributed by atoms with Gasteiger partial charge in [0.05, 0.1) is 6.10 Å². The third-order valence-electron chi connectivity index (χ3n) is 5.20. The lowest BCUT2D eigenvalue weighted by atomic mass is 9.48. The second-order valence-electron chi connectivity index (χ2n) is 6.79. The van der Waals surface area contributed by atoms with Gasteiger partial charge in [0.1, 0.15) is 5.54 Å². The minimum Gasteiger partial charge on any atom is -0.377 e. The van der Waals surface area contributed by atoms with Gasteiger partial charge in [-0.15, -0.1) is 0 Å². The van der Waals surface area contributed by atoms with Crippen LogP contribution < -0.4 is 11.1 Å². The van der Waals surface area contributed by atoms with Gasteiger partial charge in [0.2, 0.25) is 5.91 Å². The fourth-order valence-electron chi connectivity index (χ4n) is 3.77. The van der Waals surface area contributed by atoms with E-state index in [-0.39, 0.29) is 29.4 Å². The average molecular weight is 268 g/mol. The molecule has 2 rings (SSSR count). The van der Waals surface area contributed by atoms with E-state index in [1.807, 2.05) is 0 Å². The molecule has 2 fully saturated rings. The molecule has 4 atom stereocenters. The zero-order chi connectivity index (χ0) is 14.3. The topological polar surface area (TPSA) is 64.4 Å². The Hall–Kier alpha value is -0.610. The van der Waals surface area contributed by atoms with Crippen LogP contribution >= 0.6 is 0 Å². The normalized spacial score (nSPS) is 37.3. The Labute approximate surface area is 116 Å². The Morgan fingerprint density at radius 3 is 2.84 bits per heavy atom. The lowest BCUT2D eigenvalue weighted by Gasteiger charge is -2.60. The summed E-state index contributed by atoms with van der Waals surface area (Å²) in [6, 6.07) is 0.199. The van der Waals surface area contributed by atoms with Crippen molar-refractivity contribution in [3.05, 3.63) is 0 Å². The standard InChI is InChI=1S/C15H28N2O2/c1-5-6-7-10(2)17-13(18)15(16)11-8-9-19-12(11)14(15,3)4/h10-12H,5-9,16H2,1-4H3,(H,17,18).